The Balaban J connectivity index is 2.58. The number of para-hydroxylation sites is 1. The third-order valence-electron chi connectivity index (χ3n) is 2.39. The summed E-state index contributed by atoms with van der Waals surface area (Å²) in [7, 11) is 1.60. The van der Waals surface area contributed by atoms with E-state index in [1.54, 1.807) is 7.11 Å². The van der Waals surface area contributed by atoms with Crippen LogP contribution in [0.3, 0.4) is 0 Å². The highest BCUT2D eigenvalue weighted by atomic mass is 16.5. The molecule has 2 aromatic rings. The SMILES string of the molecule is COc1ccccc1-c1[nH]ncc1C(C)=O. The molecule has 4 heteroatoms. The van der Waals surface area contributed by atoms with E-state index in [0.717, 1.165) is 5.56 Å². The zero-order valence-corrected chi connectivity index (χ0v) is 9.15. The summed E-state index contributed by atoms with van der Waals surface area (Å²) in [5.41, 5.74) is 2.11. The Kier molecular flexibility index (Phi) is 2.72. The minimum Gasteiger partial charge on any atom is -0.496 e. The molecule has 82 valence electrons. The van der Waals surface area contributed by atoms with Crippen molar-refractivity contribution >= 4 is 5.78 Å². The van der Waals surface area contributed by atoms with Gasteiger partial charge in [-0.2, -0.15) is 5.10 Å². The van der Waals surface area contributed by atoms with Crippen molar-refractivity contribution in [2.24, 2.45) is 0 Å². The number of ketones is 1. The van der Waals surface area contributed by atoms with E-state index in [4.69, 9.17) is 4.74 Å². The van der Waals surface area contributed by atoms with Crippen molar-refractivity contribution in [3.05, 3.63) is 36.0 Å². The number of nitrogens with one attached hydrogen (secondary N) is 1. The average molecular weight is 216 g/mol. The van der Waals surface area contributed by atoms with E-state index in [9.17, 15) is 4.79 Å². The van der Waals surface area contributed by atoms with Crippen LogP contribution in [0.15, 0.2) is 30.5 Å². The van der Waals surface area contributed by atoms with Crippen LogP contribution in [0.1, 0.15) is 17.3 Å². The number of hydrogen-bond acceptors (Lipinski definition) is 3. The highest BCUT2D eigenvalue weighted by Gasteiger charge is 2.14. The van der Waals surface area contributed by atoms with Gasteiger partial charge in [-0.25, -0.2) is 0 Å². The van der Waals surface area contributed by atoms with Crippen LogP contribution in [0.2, 0.25) is 0 Å². The van der Waals surface area contributed by atoms with E-state index >= 15 is 0 Å². The lowest BCUT2D eigenvalue weighted by molar-refractivity contribution is 0.101. The number of carbonyl (C=O) groups is 1. The van der Waals surface area contributed by atoms with Crippen molar-refractivity contribution in [1.29, 1.82) is 0 Å². The van der Waals surface area contributed by atoms with Gasteiger partial charge in [0.15, 0.2) is 5.78 Å². The van der Waals surface area contributed by atoms with Crippen LogP contribution in [-0.4, -0.2) is 23.1 Å². The first kappa shape index (κ1) is 10.4. The van der Waals surface area contributed by atoms with Gasteiger partial charge in [-0.15, -0.1) is 0 Å². The molecule has 1 aromatic heterocycles. The van der Waals surface area contributed by atoms with Gasteiger partial charge in [0, 0.05) is 5.56 Å². The maximum atomic E-state index is 11.4. The number of ether oxygens (including phenoxy) is 1. The summed E-state index contributed by atoms with van der Waals surface area (Å²) in [6.07, 6.45) is 1.53. The molecule has 0 bridgehead atoms. The quantitative estimate of drug-likeness (QED) is 0.801. The molecule has 0 saturated carbocycles. The summed E-state index contributed by atoms with van der Waals surface area (Å²) in [6, 6.07) is 7.51. The van der Waals surface area contributed by atoms with Crippen LogP contribution in [0.4, 0.5) is 0 Å². The van der Waals surface area contributed by atoms with E-state index < -0.39 is 0 Å². The predicted molar refractivity (Wildman–Crippen MR) is 60.6 cm³/mol. The summed E-state index contributed by atoms with van der Waals surface area (Å²) < 4.78 is 5.24. The second-order valence-corrected chi connectivity index (χ2v) is 3.42. The molecule has 0 saturated heterocycles. The lowest BCUT2D eigenvalue weighted by atomic mass is 10.1. The van der Waals surface area contributed by atoms with Gasteiger partial charge in [-0.3, -0.25) is 9.89 Å². The average Bonchev–Trinajstić information content (AvgIpc) is 2.77. The molecule has 16 heavy (non-hydrogen) atoms. The maximum Gasteiger partial charge on any atom is 0.163 e. The third-order valence-corrected chi connectivity index (χ3v) is 2.39. The fraction of sp³-hybridized carbons (Fsp3) is 0.167. The number of hydrogen-bond donors (Lipinski definition) is 1. The number of benzene rings is 1. The molecule has 0 unspecified atom stereocenters. The van der Waals surface area contributed by atoms with Crippen molar-refractivity contribution in [3.63, 3.8) is 0 Å². The van der Waals surface area contributed by atoms with E-state index in [-0.39, 0.29) is 5.78 Å². The summed E-state index contributed by atoms with van der Waals surface area (Å²) >= 11 is 0. The molecule has 0 amide bonds. The van der Waals surface area contributed by atoms with E-state index in [1.807, 2.05) is 24.3 Å². The smallest absolute Gasteiger partial charge is 0.163 e. The Morgan fingerprint density at radius 3 is 2.81 bits per heavy atom. The molecule has 0 radical (unpaired) electrons. The Bertz CT molecular complexity index is 517. The molecular weight excluding hydrogens is 204 g/mol. The van der Waals surface area contributed by atoms with Crippen molar-refractivity contribution in [1.82, 2.24) is 10.2 Å². The van der Waals surface area contributed by atoms with Gasteiger partial charge in [0.05, 0.1) is 24.6 Å². The van der Waals surface area contributed by atoms with Gasteiger partial charge in [0.25, 0.3) is 0 Å². The number of aromatic nitrogens is 2. The monoisotopic (exact) mass is 216 g/mol. The second-order valence-electron chi connectivity index (χ2n) is 3.42. The van der Waals surface area contributed by atoms with Gasteiger partial charge in [-0.1, -0.05) is 12.1 Å². The predicted octanol–water partition coefficient (Wildman–Crippen LogP) is 2.29. The van der Waals surface area contributed by atoms with E-state index in [2.05, 4.69) is 10.2 Å². The molecule has 1 heterocycles. The number of nitrogens with zero attached hydrogens (tertiary/aromatic N) is 1. The molecule has 0 aliphatic heterocycles. The minimum absolute atomic E-state index is 0.0188. The molecule has 4 nitrogen and oxygen atoms in total. The van der Waals surface area contributed by atoms with Crippen LogP contribution in [0, 0.1) is 0 Å². The zero-order valence-electron chi connectivity index (χ0n) is 9.15. The van der Waals surface area contributed by atoms with E-state index in [0.29, 0.717) is 17.0 Å². The maximum absolute atomic E-state index is 11.4. The van der Waals surface area contributed by atoms with Gasteiger partial charge in [0.1, 0.15) is 5.75 Å². The van der Waals surface area contributed by atoms with Crippen molar-refractivity contribution < 1.29 is 9.53 Å². The number of carbonyl (C=O) groups excluding carboxylic acids is 1. The highest BCUT2D eigenvalue weighted by molar-refractivity contribution is 6.00. The normalized spacial score (nSPS) is 10.1. The van der Waals surface area contributed by atoms with Crippen LogP contribution in [0.25, 0.3) is 11.3 Å². The van der Waals surface area contributed by atoms with Gasteiger partial charge in [-0.05, 0) is 19.1 Å². The van der Waals surface area contributed by atoms with E-state index in [1.165, 1.54) is 13.1 Å². The van der Waals surface area contributed by atoms with Gasteiger partial charge >= 0.3 is 0 Å². The largest absolute Gasteiger partial charge is 0.496 e. The molecular formula is C12H12N2O2. The Labute approximate surface area is 93.3 Å². The Hall–Kier alpha value is -2.10. The van der Waals surface area contributed by atoms with Crippen molar-refractivity contribution in [2.75, 3.05) is 7.11 Å². The first-order chi connectivity index (χ1) is 7.74. The van der Waals surface area contributed by atoms with Crippen LogP contribution in [-0.2, 0) is 0 Å². The van der Waals surface area contributed by atoms with Crippen molar-refractivity contribution in [2.45, 2.75) is 6.92 Å². The lowest BCUT2D eigenvalue weighted by Crippen LogP contribution is -1.95. The number of aromatic amines is 1. The fourth-order valence-electron chi connectivity index (χ4n) is 1.61. The highest BCUT2D eigenvalue weighted by Crippen LogP contribution is 2.30. The number of Topliss-reactive ketones (excluding diaryl/α,β-unsaturated/α-hetero) is 1. The molecule has 0 spiro atoms. The molecule has 1 aromatic carbocycles. The third kappa shape index (κ3) is 1.69. The van der Waals surface area contributed by atoms with Crippen LogP contribution >= 0.6 is 0 Å². The molecule has 0 aliphatic carbocycles. The Morgan fingerprint density at radius 1 is 1.38 bits per heavy atom. The molecule has 0 atom stereocenters. The summed E-state index contributed by atoms with van der Waals surface area (Å²) in [5.74, 6) is 0.698. The van der Waals surface area contributed by atoms with Crippen LogP contribution in [0.5, 0.6) is 5.75 Å². The lowest BCUT2D eigenvalue weighted by Gasteiger charge is -2.07. The standard InChI is InChI=1S/C12H12N2O2/c1-8(15)10-7-13-14-12(10)9-5-3-4-6-11(9)16-2/h3-7H,1-2H3,(H,13,14). The zero-order chi connectivity index (χ0) is 11.5. The van der Waals surface area contributed by atoms with Crippen molar-refractivity contribution in [3.8, 4) is 17.0 Å². The molecule has 0 fully saturated rings. The summed E-state index contributed by atoms with van der Waals surface area (Å²) in [4.78, 5) is 11.4. The minimum atomic E-state index is -0.0188. The van der Waals surface area contributed by atoms with Gasteiger partial charge < -0.3 is 4.74 Å². The molecule has 1 N–H and O–H groups in total. The molecule has 0 aliphatic rings. The summed E-state index contributed by atoms with van der Waals surface area (Å²) in [5, 5.41) is 6.72. The number of methoxy groups -OCH3 is 1. The number of H-pyrrole nitrogens is 1. The molecule has 2 rings (SSSR count). The topological polar surface area (TPSA) is 55.0 Å². The van der Waals surface area contributed by atoms with Gasteiger partial charge in [0.2, 0.25) is 0 Å². The number of rotatable bonds is 3. The first-order valence-electron chi connectivity index (χ1n) is 4.91. The Morgan fingerprint density at radius 2 is 2.12 bits per heavy atom. The summed E-state index contributed by atoms with van der Waals surface area (Å²) in [6.45, 7) is 1.52. The first-order valence-corrected chi connectivity index (χ1v) is 4.91. The van der Waals surface area contributed by atoms with Crippen LogP contribution < -0.4 is 4.74 Å². The fourth-order valence-corrected chi connectivity index (χ4v) is 1.61. The second kappa shape index (κ2) is 4.18.